The summed E-state index contributed by atoms with van der Waals surface area (Å²) < 4.78 is 5.28. The number of halogens is 1. The summed E-state index contributed by atoms with van der Waals surface area (Å²) in [6.07, 6.45) is 2.68. The van der Waals surface area contributed by atoms with Crippen molar-refractivity contribution in [2.45, 2.75) is 19.9 Å². The van der Waals surface area contributed by atoms with E-state index in [2.05, 4.69) is 40.0 Å². The standard InChI is InChI=1S/C17H24N4O.HI/c1-2-18-17(21-14-16-10-6-13-22-16)20-12-7-11-19-15-8-4-3-5-9-15;/h3-6,8-10,13,19H,2,7,11-12,14H2,1H3,(H2,18,20,21);1H. The molecule has 1 aromatic heterocycles. The zero-order valence-electron chi connectivity index (χ0n) is 13.4. The Labute approximate surface area is 155 Å². The van der Waals surface area contributed by atoms with Crippen LogP contribution >= 0.6 is 24.0 Å². The van der Waals surface area contributed by atoms with Gasteiger partial charge in [0.15, 0.2) is 5.96 Å². The molecule has 0 radical (unpaired) electrons. The van der Waals surface area contributed by atoms with Crippen molar-refractivity contribution in [2.24, 2.45) is 4.99 Å². The highest BCUT2D eigenvalue weighted by Gasteiger charge is 1.98. The van der Waals surface area contributed by atoms with Gasteiger partial charge in [-0.1, -0.05) is 18.2 Å². The third-order valence-corrected chi connectivity index (χ3v) is 3.07. The first-order valence-electron chi connectivity index (χ1n) is 7.72. The fourth-order valence-electron chi connectivity index (χ4n) is 1.99. The normalized spacial score (nSPS) is 10.7. The van der Waals surface area contributed by atoms with Crippen molar-refractivity contribution in [3.63, 3.8) is 0 Å². The average Bonchev–Trinajstić information content (AvgIpc) is 3.06. The molecular weight excluding hydrogens is 403 g/mol. The van der Waals surface area contributed by atoms with Crippen LogP contribution in [0.25, 0.3) is 0 Å². The summed E-state index contributed by atoms with van der Waals surface area (Å²) in [6.45, 7) is 5.23. The Morgan fingerprint density at radius 1 is 1.04 bits per heavy atom. The quantitative estimate of drug-likeness (QED) is 0.261. The smallest absolute Gasteiger partial charge is 0.191 e. The van der Waals surface area contributed by atoms with E-state index < -0.39 is 0 Å². The number of guanidine groups is 1. The molecule has 0 atom stereocenters. The van der Waals surface area contributed by atoms with Crippen LogP contribution in [0.1, 0.15) is 19.1 Å². The molecule has 0 spiro atoms. The number of benzene rings is 1. The van der Waals surface area contributed by atoms with Crippen molar-refractivity contribution >= 4 is 35.6 Å². The van der Waals surface area contributed by atoms with Gasteiger partial charge in [0.25, 0.3) is 0 Å². The van der Waals surface area contributed by atoms with Crippen molar-refractivity contribution in [2.75, 3.05) is 25.0 Å². The molecule has 0 aliphatic rings. The lowest BCUT2D eigenvalue weighted by Gasteiger charge is -2.11. The Kier molecular flexibility index (Phi) is 9.94. The van der Waals surface area contributed by atoms with E-state index in [0.717, 1.165) is 43.5 Å². The van der Waals surface area contributed by atoms with Gasteiger partial charge >= 0.3 is 0 Å². The molecule has 23 heavy (non-hydrogen) atoms. The highest BCUT2D eigenvalue weighted by molar-refractivity contribution is 14.0. The van der Waals surface area contributed by atoms with Crippen LogP contribution in [0.3, 0.4) is 0 Å². The highest BCUT2D eigenvalue weighted by Crippen LogP contribution is 2.04. The molecule has 0 aliphatic heterocycles. The first kappa shape index (κ1) is 19.3. The lowest BCUT2D eigenvalue weighted by Crippen LogP contribution is -2.38. The van der Waals surface area contributed by atoms with Gasteiger partial charge in [0.2, 0.25) is 0 Å². The molecule has 6 heteroatoms. The summed E-state index contributed by atoms with van der Waals surface area (Å²) in [5.74, 6) is 1.68. The van der Waals surface area contributed by atoms with Crippen molar-refractivity contribution < 1.29 is 4.42 Å². The largest absolute Gasteiger partial charge is 0.467 e. The van der Waals surface area contributed by atoms with Gasteiger partial charge in [-0.15, -0.1) is 24.0 Å². The maximum atomic E-state index is 5.28. The predicted octanol–water partition coefficient (Wildman–Crippen LogP) is 3.45. The maximum Gasteiger partial charge on any atom is 0.191 e. The topological polar surface area (TPSA) is 61.6 Å². The zero-order chi connectivity index (χ0) is 15.5. The molecule has 1 aromatic carbocycles. The summed E-state index contributed by atoms with van der Waals surface area (Å²) in [4.78, 5) is 4.49. The summed E-state index contributed by atoms with van der Waals surface area (Å²) in [5, 5.41) is 9.95. The Morgan fingerprint density at radius 2 is 1.87 bits per heavy atom. The molecule has 0 saturated carbocycles. The number of hydrogen-bond donors (Lipinski definition) is 3. The van der Waals surface area contributed by atoms with Gasteiger partial charge in [0, 0.05) is 25.3 Å². The summed E-state index contributed by atoms with van der Waals surface area (Å²) in [5.41, 5.74) is 1.15. The van der Waals surface area contributed by atoms with Crippen LogP contribution in [0.2, 0.25) is 0 Å². The third kappa shape index (κ3) is 7.92. The van der Waals surface area contributed by atoms with Gasteiger partial charge in [-0.2, -0.15) is 0 Å². The Hall–Kier alpha value is -1.70. The Balaban J connectivity index is 0.00000264. The molecule has 0 saturated heterocycles. The first-order valence-corrected chi connectivity index (χ1v) is 7.72. The molecular formula is C17H25IN4O. The minimum absolute atomic E-state index is 0. The van der Waals surface area contributed by atoms with Crippen LogP contribution in [-0.2, 0) is 6.54 Å². The third-order valence-electron chi connectivity index (χ3n) is 3.07. The number of anilines is 1. The van der Waals surface area contributed by atoms with Crippen LogP contribution in [-0.4, -0.2) is 25.6 Å². The number of para-hydroxylation sites is 1. The Bertz CT molecular complexity index is 543. The van der Waals surface area contributed by atoms with E-state index in [1.807, 2.05) is 30.3 Å². The second-order valence-electron chi connectivity index (χ2n) is 4.85. The predicted molar refractivity (Wildman–Crippen MR) is 106 cm³/mol. The molecule has 0 unspecified atom stereocenters. The molecule has 1 heterocycles. The van der Waals surface area contributed by atoms with Gasteiger partial charge in [-0.25, -0.2) is 4.99 Å². The number of rotatable bonds is 8. The molecule has 0 fully saturated rings. The molecule has 0 amide bonds. The molecule has 0 aliphatic carbocycles. The van der Waals surface area contributed by atoms with E-state index in [1.54, 1.807) is 6.26 Å². The number of furan rings is 1. The summed E-state index contributed by atoms with van der Waals surface area (Å²) >= 11 is 0. The summed E-state index contributed by atoms with van der Waals surface area (Å²) in [6, 6.07) is 14.0. The molecule has 2 rings (SSSR count). The Morgan fingerprint density at radius 3 is 2.57 bits per heavy atom. The van der Waals surface area contributed by atoms with Gasteiger partial charge in [0.05, 0.1) is 6.26 Å². The van der Waals surface area contributed by atoms with Gasteiger partial charge in [-0.3, -0.25) is 0 Å². The second-order valence-corrected chi connectivity index (χ2v) is 4.85. The lowest BCUT2D eigenvalue weighted by molar-refractivity contribution is 0.512. The fourth-order valence-corrected chi connectivity index (χ4v) is 1.99. The van der Waals surface area contributed by atoms with Crippen molar-refractivity contribution in [1.82, 2.24) is 10.6 Å². The maximum absolute atomic E-state index is 5.28. The van der Waals surface area contributed by atoms with E-state index in [0.29, 0.717) is 6.54 Å². The van der Waals surface area contributed by atoms with Crippen LogP contribution < -0.4 is 16.0 Å². The highest BCUT2D eigenvalue weighted by atomic mass is 127. The minimum Gasteiger partial charge on any atom is -0.467 e. The summed E-state index contributed by atoms with van der Waals surface area (Å²) in [7, 11) is 0. The number of nitrogens with zero attached hydrogens (tertiary/aromatic N) is 1. The molecule has 3 N–H and O–H groups in total. The molecule has 2 aromatic rings. The van der Waals surface area contributed by atoms with Crippen LogP contribution in [0, 0.1) is 0 Å². The van der Waals surface area contributed by atoms with E-state index in [9.17, 15) is 0 Å². The van der Waals surface area contributed by atoms with E-state index in [-0.39, 0.29) is 24.0 Å². The van der Waals surface area contributed by atoms with Gasteiger partial charge < -0.3 is 20.4 Å². The van der Waals surface area contributed by atoms with Crippen molar-refractivity contribution in [3.05, 3.63) is 54.5 Å². The van der Waals surface area contributed by atoms with Crippen molar-refractivity contribution in [1.29, 1.82) is 0 Å². The molecule has 5 nitrogen and oxygen atoms in total. The number of hydrogen-bond acceptors (Lipinski definition) is 3. The van der Waals surface area contributed by atoms with E-state index in [1.165, 1.54) is 0 Å². The van der Waals surface area contributed by atoms with Crippen LogP contribution in [0.4, 0.5) is 5.69 Å². The van der Waals surface area contributed by atoms with E-state index >= 15 is 0 Å². The number of nitrogens with one attached hydrogen (secondary N) is 3. The molecule has 0 bridgehead atoms. The first-order chi connectivity index (χ1) is 10.9. The van der Waals surface area contributed by atoms with Crippen molar-refractivity contribution in [3.8, 4) is 0 Å². The van der Waals surface area contributed by atoms with Gasteiger partial charge in [-0.05, 0) is 37.6 Å². The lowest BCUT2D eigenvalue weighted by atomic mass is 10.3. The average molecular weight is 428 g/mol. The van der Waals surface area contributed by atoms with Gasteiger partial charge in [0.1, 0.15) is 12.3 Å². The molecule has 126 valence electrons. The number of aliphatic imine (C=N–C) groups is 1. The second kappa shape index (κ2) is 11.8. The van der Waals surface area contributed by atoms with Crippen LogP contribution in [0.5, 0.6) is 0 Å². The van der Waals surface area contributed by atoms with E-state index in [4.69, 9.17) is 4.42 Å². The zero-order valence-corrected chi connectivity index (χ0v) is 15.7. The minimum atomic E-state index is 0. The fraction of sp³-hybridized carbons (Fsp3) is 0.353. The van der Waals surface area contributed by atoms with Crippen LogP contribution in [0.15, 0.2) is 58.1 Å². The SMILES string of the molecule is CCNC(=NCc1ccco1)NCCCNc1ccccc1.I. The monoisotopic (exact) mass is 428 g/mol.